The largest absolute Gasteiger partial charge is 0.325 e. The molecule has 0 spiro atoms. The van der Waals surface area contributed by atoms with Crippen LogP contribution in [0.15, 0.2) is 66.3 Å². The summed E-state index contributed by atoms with van der Waals surface area (Å²) in [7, 11) is 6.26. The van der Waals surface area contributed by atoms with Crippen LogP contribution in [0.1, 0.15) is 17.5 Å². The van der Waals surface area contributed by atoms with Gasteiger partial charge in [-0.2, -0.15) is 0 Å². The van der Waals surface area contributed by atoms with Crippen LogP contribution in [-0.2, 0) is 11.3 Å². The Morgan fingerprint density at radius 3 is 2.47 bits per heavy atom. The first kappa shape index (κ1) is 22.2. The van der Waals surface area contributed by atoms with E-state index in [1.807, 2.05) is 38.4 Å². The van der Waals surface area contributed by atoms with E-state index in [1.165, 1.54) is 5.56 Å². The lowest BCUT2D eigenvalue weighted by Gasteiger charge is -2.32. The number of rotatable bonds is 5. The molecule has 2 heterocycles. The van der Waals surface area contributed by atoms with Gasteiger partial charge in [0.15, 0.2) is 0 Å². The summed E-state index contributed by atoms with van der Waals surface area (Å²) in [6, 6.07) is 8.53. The van der Waals surface area contributed by atoms with E-state index in [2.05, 4.69) is 57.9 Å². The van der Waals surface area contributed by atoms with Gasteiger partial charge in [0.2, 0.25) is 5.91 Å². The van der Waals surface area contributed by atoms with Crippen LogP contribution in [0.4, 0.5) is 0 Å². The van der Waals surface area contributed by atoms with Crippen molar-refractivity contribution >= 4 is 11.6 Å². The summed E-state index contributed by atoms with van der Waals surface area (Å²) in [5, 5.41) is 3.07. The van der Waals surface area contributed by atoms with Crippen LogP contribution in [0.2, 0.25) is 0 Å². The van der Waals surface area contributed by atoms with Crippen molar-refractivity contribution in [1.82, 2.24) is 20.0 Å². The molecule has 160 valence electrons. The highest BCUT2D eigenvalue weighted by molar-refractivity contribution is 5.88. The molecule has 0 saturated carbocycles. The number of benzene rings is 1. The third-order valence-electron chi connectivity index (χ3n) is 5.50. The van der Waals surface area contributed by atoms with Gasteiger partial charge in [-0.3, -0.25) is 9.69 Å². The minimum Gasteiger partial charge on any atom is -0.325 e. The van der Waals surface area contributed by atoms with Crippen molar-refractivity contribution in [2.75, 3.05) is 53.9 Å². The van der Waals surface area contributed by atoms with Crippen LogP contribution >= 0.6 is 0 Å². The lowest BCUT2D eigenvalue weighted by molar-refractivity contribution is -0.119. The van der Waals surface area contributed by atoms with Crippen molar-refractivity contribution in [2.45, 2.75) is 13.0 Å². The summed E-state index contributed by atoms with van der Waals surface area (Å²) in [5.74, 6) is -0.0173. The summed E-state index contributed by atoms with van der Waals surface area (Å²) in [5.41, 5.74) is 5.14. The number of piperazine rings is 1. The number of amides is 1. The predicted octanol–water partition coefficient (Wildman–Crippen LogP) is 2.90. The van der Waals surface area contributed by atoms with Crippen LogP contribution in [0.25, 0.3) is 5.70 Å². The first-order valence-corrected chi connectivity index (χ1v) is 10.6. The number of carbonyl (C=O) groups excluding carboxylic acids is 1. The normalized spacial score (nSPS) is 24.0. The first-order valence-electron chi connectivity index (χ1n) is 10.6. The maximum atomic E-state index is 12.3. The van der Waals surface area contributed by atoms with Gasteiger partial charge in [0.05, 0.1) is 0 Å². The number of likely N-dealkylation sites (N-methyl/N-ethyl adjacent to an activating group) is 2. The zero-order chi connectivity index (χ0) is 21.5. The van der Waals surface area contributed by atoms with Gasteiger partial charge in [0.25, 0.3) is 0 Å². The fourth-order valence-electron chi connectivity index (χ4n) is 3.67. The van der Waals surface area contributed by atoms with Gasteiger partial charge in [-0.05, 0) is 49.5 Å². The molecule has 1 fully saturated rings. The Balaban J connectivity index is 1.77. The summed E-state index contributed by atoms with van der Waals surface area (Å²) >= 11 is 0. The van der Waals surface area contributed by atoms with Gasteiger partial charge in [-0.1, -0.05) is 49.1 Å². The van der Waals surface area contributed by atoms with Crippen molar-refractivity contribution < 1.29 is 4.79 Å². The Morgan fingerprint density at radius 2 is 1.80 bits per heavy atom. The van der Waals surface area contributed by atoms with Gasteiger partial charge in [0.1, 0.15) is 0 Å². The molecule has 30 heavy (non-hydrogen) atoms. The lowest BCUT2D eigenvalue weighted by Crippen LogP contribution is -2.43. The summed E-state index contributed by atoms with van der Waals surface area (Å²) in [4.78, 5) is 19.3. The van der Waals surface area contributed by atoms with E-state index in [0.29, 0.717) is 6.42 Å². The Bertz CT molecular complexity index is 840. The zero-order valence-corrected chi connectivity index (χ0v) is 18.5. The molecule has 0 unspecified atom stereocenters. The Kier molecular flexibility index (Phi) is 7.80. The monoisotopic (exact) mass is 406 g/mol. The zero-order valence-electron chi connectivity index (χ0n) is 18.5. The molecule has 0 aromatic heterocycles. The number of hydrogen-bond donors (Lipinski definition) is 1. The Hall–Kier alpha value is -2.47. The van der Waals surface area contributed by atoms with E-state index in [1.54, 1.807) is 0 Å². The molecule has 1 saturated heterocycles. The minimum atomic E-state index is -0.0173. The van der Waals surface area contributed by atoms with E-state index < -0.39 is 0 Å². The second-order valence-electron chi connectivity index (χ2n) is 8.47. The van der Waals surface area contributed by atoms with E-state index in [-0.39, 0.29) is 5.91 Å². The molecule has 1 N–H and O–H groups in total. The molecule has 1 amide bonds. The fourth-order valence-corrected chi connectivity index (χ4v) is 3.67. The molecule has 0 bridgehead atoms. The summed E-state index contributed by atoms with van der Waals surface area (Å²) in [6.07, 6.45) is 8.23. The van der Waals surface area contributed by atoms with Crippen LogP contribution in [0.5, 0.6) is 0 Å². The maximum absolute atomic E-state index is 12.3. The van der Waals surface area contributed by atoms with Crippen molar-refractivity contribution in [2.24, 2.45) is 0 Å². The second-order valence-corrected chi connectivity index (χ2v) is 8.47. The number of hydrogen-bond acceptors (Lipinski definition) is 4. The molecule has 0 atom stereocenters. The number of nitrogens with zero attached hydrogens (tertiary/aromatic N) is 3. The highest BCUT2D eigenvalue weighted by atomic mass is 16.1. The third kappa shape index (κ3) is 6.52. The average molecular weight is 407 g/mol. The predicted molar refractivity (Wildman–Crippen MR) is 125 cm³/mol. The van der Waals surface area contributed by atoms with Crippen molar-refractivity contribution in [1.29, 1.82) is 0 Å². The van der Waals surface area contributed by atoms with Crippen LogP contribution in [0.3, 0.4) is 0 Å². The van der Waals surface area contributed by atoms with Crippen LogP contribution in [0, 0.1) is 0 Å². The average Bonchev–Trinajstić information content (AvgIpc) is 2.71. The number of nitrogens with one attached hydrogen (secondary N) is 1. The quantitative estimate of drug-likeness (QED) is 0.816. The van der Waals surface area contributed by atoms with Crippen molar-refractivity contribution in [3.63, 3.8) is 0 Å². The Labute approximate surface area is 181 Å². The molecule has 1 aromatic carbocycles. The fraction of sp³-hybridized carbons (Fsp3) is 0.400. The lowest BCUT2D eigenvalue weighted by atomic mass is 10.0. The first-order chi connectivity index (χ1) is 14.4. The SMILES string of the molecule is C=C1/C=C(/c2ccc(CN3CCN(C)CC3)cc2)NC(=O)C/C=C\C=C/1CN(C)C. The maximum Gasteiger partial charge on any atom is 0.228 e. The molecule has 0 aliphatic carbocycles. The Morgan fingerprint density at radius 1 is 1.10 bits per heavy atom. The van der Waals surface area contributed by atoms with Gasteiger partial charge in [-0.25, -0.2) is 0 Å². The molecule has 5 nitrogen and oxygen atoms in total. The highest BCUT2D eigenvalue weighted by Crippen LogP contribution is 2.20. The van der Waals surface area contributed by atoms with Crippen molar-refractivity contribution in [3.8, 4) is 0 Å². The summed E-state index contributed by atoms with van der Waals surface area (Å²) < 4.78 is 0. The van der Waals surface area contributed by atoms with Gasteiger partial charge >= 0.3 is 0 Å². The van der Waals surface area contributed by atoms with Crippen LogP contribution in [-0.4, -0.2) is 74.5 Å². The van der Waals surface area contributed by atoms with E-state index >= 15 is 0 Å². The van der Waals surface area contributed by atoms with E-state index in [9.17, 15) is 4.79 Å². The van der Waals surface area contributed by atoms with Gasteiger partial charge in [-0.15, -0.1) is 0 Å². The smallest absolute Gasteiger partial charge is 0.228 e. The topological polar surface area (TPSA) is 38.8 Å². The molecule has 5 heteroatoms. The van der Waals surface area contributed by atoms with Gasteiger partial charge < -0.3 is 15.1 Å². The molecule has 1 aromatic rings. The minimum absolute atomic E-state index is 0.0173. The van der Waals surface area contributed by atoms with E-state index in [0.717, 1.165) is 61.7 Å². The molecular formula is C25H34N4O. The number of carbonyl (C=O) groups is 1. The molecule has 2 aliphatic rings. The highest BCUT2D eigenvalue weighted by Gasteiger charge is 2.14. The third-order valence-corrected chi connectivity index (χ3v) is 5.50. The van der Waals surface area contributed by atoms with Crippen molar-refractivity contribution in [3.05, 3.63) is 77.4 Å². The second kappa shape index (κ2) is 10.5. The molecule has 2 aliphatic heterocycles. The van der Waals surface area contributed by atoms with E-state index in [4.69, 9.17) is 0 Å². The summed E-state index contributed by atoms with van der Waals surface area (Å²) in [6.45, 7) is 10.5. The molecular weight excluding hydrogens is 372 g/mol. The molecule has 3 rings (SSSR count). The standard InChI is InChI=1S/C25H34N4O/c1-20-17-24(26-25(30)8-6-5-7-23(20)19-27(2)3)22-11-9-21(10-12-22)18-29-15-13-28(4)14-16-29/h5-7,9-12,17H,1,8,13-16,18-19H2,2-4H3,(H,26,30)/b6-5-,23-7-,24-17-. The van der Waals surface area contributed by atoms with Crippen LogP contribution < -0.4 is 5.32 Å². The molecule has 0 radical (unpaired) electrons. The number of allylic oxidation sites excluding steroid dienone is 3. The van der Waals surface area contributed by atoms with Gasteiger partial charge in [0, 0.05) is 51.4 Å².